The van der Waals surface area contributed by atoms with E-state index >= 15 is 0 Å². The molecule has 134 valence electrons. The van der Waals surface area contributed by atoms with Gasteiger partial charge in [-0.2, -0.15) is 0 Å². The molecule has 0 heterocycles. The minimum absolute atomic E-state index is 0.103. The van der Waals surface area contributed by atoms with Crippen molar-refractivity contribution in [3.8, 4) is 0 Å². The lowest BCUT2D eigenvalue weighted by molar-refractivity contribution is -0.240. The zero-order valence-corrected chi connectivity index (χ0v) is 14.1. The smallest absolute Gasteiger partial charge is 0.263 e. The van der Waals surface area contributed by atoms with Crippen LogP contribution in [-0.4, -0.2) is 54.3 Å². The fraction of sp³-hybridized carbons (Fsp3) is 0.278. The van der Waals surface area contributed by atoms with Crippen LogP contribution in [0.4, 0.5) is 0 Å². The molecule has 0 bridgehead atoms. The van der Waals surface area contributed by atoms with E-state index in [-0.39, 0.29) is 17.1 Å². The summed E-state index contributed by atoms with van der Waals surface area (Å²) in [5.74, 6) is -4.04. The number of carbonyl (C=O) groups is 1. The van der Waals surface area contributed by atoms with Crippen LogP contribution in [-0.2, 0) is 19.0 Å². The molecule has 0 aliphatic heterocycles. The predicted octanol–water partition coefficient (Wildman–Crippen LogP) is 1.86. The maximum absolute atomic E-state index is 12.6. The van der Waals surface area contributed by atoms with E-state index in [9.17, 15) is 20.1 Å². The Hall–Kier alpha value is -2.61. The third-order valence-corrected chi connectivity index (χ3v) is 3.88. The van der Waals surface area contributed by atoms with Crippen LogP contribution in [0.5, 0.6) is 0 Å². The molecular weight excluding hydrogens is 328 g/mol. The van der Waals surface area contributed by atoms with Crippen molar-refractivity contribution >= 4 is 11.5 Å². The summed E-state index contributed by atoms with van der Waals surface area (Å²) in [5.41, 5.74) is 0.350. The normalized spacial score (nSPS) is 26.2. The van der Waals surface area contributed by atoms with Crippen LogP contribution in [0.15, 0.2) is 59.6 Å². The van der Waals surface area contributed by atoms with Crippen molar-refractivity contribution in [2.45, 2.75) is 11.9 Å². The van der Waals surface area contributed by atoms with Crippen molar-refractivity contribution < 1.29 is 34.3 Å². The van der Waals surface area contributed by atoms with Crippen molar-refractivity contribution in [3.63, 3.8) is 0 Å². The number of aliphatic hydroxyl groups excluding tert-OH is 2. The lowest BCUT2D eigenvalue weighted by Gasteiger charge is -2.37. The fourth-order valence-electron chi connectivity index (χ4n) is 2.58. The quantitative estimate of drug-likeness (QED) is 0.424. The summed E-state index contributed by atoms with van der Waals surface area (Å²) in [5, 5.41) is 30.9. The van der Waals surface area contributed by atoms with Crippen molar-refractivity contribution in [3.05, 3.63) is 65.1 Å². The Kier molecular flexibility index (Phi) is 5.63. The van der Waals surface area contributed by atoms with E-state index in [0.29, 0.717) is 5.56 Å². The van der Waals surface area contributed by atoms with Crippen LogP contribution >= 0.6 is 0 Å². The Morgan fingerprint density at radius 2 is 1.84 bits per heavy atom. The second-order valence-corrected chi connectivity index (χ2v) is 5.26. The highest BCUT2D eigenvalue weighted by Gasteiger charge is 2.54. The lowest BCUT2D eigenvalue weighted by Crippen LogP contribution is -2.55. The number of hydrogen-bond donors (Lipinski definition) is 3. The fourth-order valence-corrected chi connectivity index (χ4v) is 2.58. The molecule has 2 rings (SSSR count). The van der Waals surface area contributed by atoms with E-state index in [1.165, 1.54) is 26.4 Å². The van der Waals surface area contributed by atoms with Gasteiger partial charge in [0.2, 0.25) is 11.5 Å². The zero-order valence-electron chi connectivity index (χ0n) is 14.1. The van der Waals surface area contributed by atoms with E-state index in [1.54, 1.807) is 30.3 Å². The second kappa shape index (κ2) is 7.52. The Balaban J connectivity index is 2.53. The average molecular weight is 348 g/mol. The van der Waals surface area contributed by atoms with Crippen LogP contribution in [0.3, 0.4) is 0 Å². The molecule has 0 aromatic heterocycles. The van der Waals surface area contributed by atoms with Crippen LogP contribution in [0.25, 0.3) is 5.76 Å². The number of Topliss-reactive ketones (excluding diaryl/α,β-unsaturated/α-hetero) is 1. The first-order valence-corrected chi connectivity index (χ1v) is 7.39. The summed E-state index contributed by atoms with van der Waals surface area (Å²) in [4.78, 5) is 12.6. The van der Waals surface area contributed by atoms with Gasteiger partial charge in [-0.15, -0.1) is 0 Å². The molecule has 0 saturated carbocycles. The van der Waals surface area contributed by atoms with Gasteiger partial charge in [-0.25, -0.2) is 0 Å². The highest BCUT2D eigenvalue weighted by atomic mass is 16.7. The number of methoxy groups -OCH3 is 3. The van der Waals surface area contributed by atoms with Gasteiger partial charge >= 0.3 is 0 Å². The molecule has 1 aromatic rings. The second-order valence-electron chi connectivity index (χ2n) is 5.26. The minimum Gasteiger partial charge on any atom is -0.507 e. The third kappa shape index (κ3) is 3.30. The largest absolute Gasteiger partial charge is 0.507 e. The summed E-state index contributed by atoms with van der Waals surface area (Å²) >= 11 is 0. The number of allylic oxidation sites excluding steroid dienone is 3. The molecule has 1 aliphatic rings. The molecule has 2 atom stereocenters. The number of carbonyl (C=O) groups excluding carboxylic acids is 1. The molecule has 3 N–H and O–H groups in total. The number of benzene rings is 1. The van der Waals surface area contributed by atoms with E-state index in [1.807, 2.05) is 0 Å². The van der Waals surface area contributed by atoms with Crippen LogP contribution < -0.4 is 0 Å². The summed E-state index contributed by atoms with van der Waals surface area (Å²) in [7, 11) is 3.59. The highest BCUT2D eigenvalue weighted by molar-refractivity contribution is 6.05. The van der Waals surface area contributed by atoms with Crippen LogP contribution in [0, 0.1) is 0 Å². The monoisotopic (exact) mass is 348 g/mol. The van der Waals surface area contributed by atoms with Gasteiger partial charge < -0.3 is 29.5 Å². The summed E-state index contributed by atoms with van der Waals surface area (Å²) in [6.45, 7) is 0. The highest BCUT2D eigenvalue weighted by Crippen LogP contribution is 2.36. The van der Waals surface area contributed by atoms with Crippen molar-refractivity contribution in [1.29, 1.82) is 0 Å². The third-order valence-electron chi connectivity index (χ3n) is 3.88. The van der Waals surface area contributed by atoms with Crippen molar-refractivity contribution in [2.75, 3.05) is 21.3 Å². The average Bonchev–Trinajstić information content (AvgIpc) is 2.62. The molecule has 0 radical (unpaired) electrons. The number of rotatable bonds is 5. The summed E-state index contributed by atoms with van der Waals surface area (Å²) in [6.07, 6.45) is 1.04. The maximum atomic E-state index is 12.6. The van der Waals surface area contributed by atoms with Gasteiger partial charge in [0.05, 0.1) is 12.7 Å². The van der Waals surface area contributed by atoms with Crippen molar-refractivity contribution in [1.82, 2.24) is 0 Å². The van der Waals surface area contributed by atoms with Gasteiger partial charge in [-0.05, 0) is 12.2 Å². The number of ether oxygens (including phenoxy) is 3. The first-order valence-electron chi connectivity index (χ1n) is 7.39. The summed E-state index contributed by atoms with van der Waals surface area (Å²) in [6, 6.07) is 8.67. The molecule has 2 unspecified atom stereocenters. The Bertz CT molecular complexity index is 733. The van der Waals surface area contributed by atoms with Gasteiger partial charge in [-0.1, -0.05) is 30.3 Å². The SMILES string of the molecule is COC1=C(O)C(=CC=C(O)c2ccccc2)C(=O)C(OC)C1(O)OC. The maximum Gasteiger partial charge on any atom is 0.263 e. The number of aliphatic hydroxyl groups is 3. The predicted molar refractivity (Wildman–Crippen MR) is 89.6 cm³/mol. The number of ketones is 1. The molecule has 1 aromatic carbocycles. The lowest BCUT2D eigenvalue weighted by atomic mass is 9.88. The number of hydrogen-bond acceptors (Lipinski definition) is 7. The summed E-state index contributed by atoms with van der Waals surface area (Å²) < 4.78 is 15.0. The zero-order chi connectivity index (χ0) is 18.6. The van der Waals surface area contributed by atoms with E-state index in [0.717, 1.165) is 7.11 Å². The molecule has 7 nitrogen and oxygen atoms in total. The van der Waals surface area contributed by atoms with Crippen molar-refractivity contribution in [2.24, 2.45) is 0 Å². The molecular formula is C18H20O7. The molecule has 7 heteroatoms. The molecule has 0 amide bonds. The Morgan fingerprint density at radius 1 is 1.20 bits per heavy atom. The van der Waals surface area contributed by atoms with Gasteiger partial charge in [-0.3, -0.25) is 4.79 Å². The van der Waals surface area contributed by atoms with E-state index in [2.05, 4.69) is 0 Å². The molecule has 0 fully saturated rings. The van der Waals surface area contributed by atoms with Gasteiger partial charge in [0, 0.05) is 19.8 Å². The minimum atomic E-state index is -2.26. The van der Waals surface area contributed by atoms with E-state index < -0.39 is 23.4 Å². The Morgan fingerprint density at radius 3 is 2.36 bits per heavy atom. The van der Waals surface area contributed by atoms with Gasteiger partial charge in [0.15, 0.2) is 11.9 Å². The molecule has 0 saturated heterocycles. The Labute approximate surface area is 145 Å². The van der Waals surface area contributed by atoms with Crippen LogP contribution in [0.1, 0.15) is 5.56 Å². The molecule has 25 heavy (non-hydrogen) atoms. The van der Waals surface area contributed by atoms with E-state index in [4.69, 9.17) is 14.2 Å². The topological polar surface area (TPSA) is 105 Å². The standard InChI is InChI=1S/C18H20O7/c1-23-16-14(20)12(15(21)17(24-2)18(16,22)25-3)9-10-13(19)11-7-5-4-6-8-11/h4-10,16,19,21-22H,1-3H3. The first-order chi connectivity index (χ1) is 11.9. The molecule has 1 aliphatic carbocycles. The first kappa shape index (κ1) is 18.7. The van der Waals surface area contributed by atoms with Gasteiger partial charge in [0.25, 0.3) is 5.79 Å². The molecule has 0 spiro atoms. The van der Waals surface area contributed by atoms with Crippen LogP contribution in [0.2, 0.25) is 0 Å². The van der Waals surface area contributed by atoms with Gasteiger partial charge in [0.1, 0.15) is 5.76 Å².